The quantitative estimate of drug-likeness (QED) is 0.150. The second-order valence-electron chi connectivity index (χ2n) is 9.67. The van der Waals surface area contributed by atoms with Crippen molar-refractivity contribution >= 4 is 17.4 Å². The molecule has 1 aliphatic rings. The van der Waals surface area contributed by atoms with Gasteiger partial charge in [0.1, 0.15) is 11.5 Å². The SMILES string of the molecule is CCCCCOc1ccc(C2/C(=C(\O)c3ccc(OC)c(C)c3)C(=O)C(=O)N2CCN(CC)CC)cc1OC. The lowest BCUT2D eigenvalue weighted by Gasteiger charge is -2.28. The Balaban J connectivity index is 2.09. The van der Waals surface area contributed by atoms with E-state index in [0.717, 1.165) is 37.9 Å². The van der Waals surface area contributed by atoms with Crippen LogP contribution in [0.25, 0.3) is 5.76 Å². The van der Waals surface area contributed by atoms with E-state index in [1.807, 2.05) is 19.1 Å². The molecule has 1 fully saturated rings. The summed E-state index contributed by atoms with van der Waals surface area (Å²) < 4.78 is 16.9. The van der Waals surface area contributed by atoms with Crippen LogP contribution in [-0.4, -0.2) is 73.6 Å². The number of amides is 1. The molecule has 8 nitrogen and oxygen atoms in total. The topological polar surface area (TPSA) is 88.5 Å². The normalized spacial score (nSPS) is 16.7. The van der Waals surface area contributed by atoms with Crippen LogP contribution < -0.4 is 14.2 Å². The average molecular weight is 539 g/mol. The molecule has 0 radical (unpaired) electrons. The number of methoxy groups -OCH3 is 2. The second-order valence-corrected chi connectivity index (χ2v) is 9.67. The van der Waals surface area contributed by atoms with Gasteiger partial charge in [-0.1, -0.05) is 39.7 Å². The van der Waals surface area contributed by atoms with E-state index in [9.17, 15) is 14.7 Å². The molecule has 1 aliphatic heterocycles. The molecule has 0 saturated carbocycles. The summed E-state index contributed by atoms with van der Waals surface area (Å²) in [6.45, 7) is 11.3. The highest BCUT2D eigenvalue weighted by Gasteiger charge is 2.46. The fourth-order valence-electron chi connectivity index (χ4n) is 4.94. The number of benzene rings is 2. The van der Waals surface area contributed by atoms with E-state index in [0.29, 0.717) is 48.1 Å². The number of Topliss-reactive ketones (excluding diaryl/α,β-unsaturated/α-hetero) is 1. The maximum Gasteiger partial charge on any atom is 0.295 e. The van der Waals surface area contributed by atoms with Crippen LogP contribution in [0.15, 0.2) is 42.0 Å². The number of nitrogens with zero attached hydrogens (tertiary/aromatic N) is 2. The van der Waals surface area contributed by atoms with Crippen molar-refractivity contribution < 1.29 is 28.9 Å². The van der Waals surface area contributed by atoms with Crippen LogP contribution in [0.4, 0.5) is 0 Å². The third-order valence-electron chi connectivity index (χ3n) is 7.27. The molecule has 0 spiro atoms. The number of aryl methyl sites for hydroxylation is 1. The second kappa shape index (κ2) is 14.0. The first kappa shape index (κ1) is 30.0. The minimum Gasteiger partial charge on any atom is -0.507 e. The molecule has 1 atom stereocenters. The summed E-state index contributed by atoms with van der Waals surface area (Å²) in [6, 6.07) is 9.85. The van der Waals surface area contributed by atoms with Crippen molar-refractivity contribution in [1.29, 1.82) is 0 Å². The van der Waals surface area contributed by atoms with Crippen LogP contribution in [0.3, 0.4) is 0 Å². The Morgan fingerprint density at radius 2 is 1.64 bits per heavy atom. The van der Waals surface area contributed by atoms with Gasteiger partial charge in [-0.15, -0.1) is 0 Å². The Kier molecular flexibility index (Phi) is 10.8. The predicted molar refractivity (Wildman–Crippen MR) is 153 cm³/mol. The summed E-state index contributed by atoms with van der Waals surface area (Å²) in [6.07, 6.45) is 3.11. The number of rotatable bonds is 14. The van der Waals surface area contributed by atoms with Gasteiger partial charge in [0, 0.05) is 18.7 Å². The Bertz CT molecular complexity index is 1190. The van der Waals surface area contributed by atoms with Crippen molar-refractivity contribution in [1.82, 2.24) is 9.80 Å². The molecule has 1 saturated heterocycles. The van der Waals surface area contributed by atoms with Crippen molar-refractivity contribution in [2.45, 2.75) is 53.0 Å². The van der Waals surface area contributed by atoms with Gasteiger partial charge in [-0.05, 0) is 67.9 Å². The summed E-state index contributed by atoms with van der Waals surface area (Å²) >= 11 is 0. The molecule has 212 valence electrons. The summed E-state index contributed by atoms with van der Waals surface area (Å²) in [5, 5.41) is 11.4. The standard InChI is InChI=1S/C31H42N2O6/c1-7-10-11-18-39-25-15-12-22(20-26(25)38-6)28-27(29(34)23-13-14-24(37-5)21(4)19-23)30(35)31(36)33(28)17-16-32(8-2)9-3/h12-15,19-20,28,34H,7-11,16-18H2,1-6H3/b29-27+. The predicted octanol–water partition coefficient (Wildman–Crippen LogP) is 5.34. The molecule has 2 aromatic carbocycles. The number of likely N-dealkylation sites (tertiary alicyclic amines) is 1. The lowest BCUT2D eigenvalue weighted by Crippen LogP contribution is -2.38. The van der Waals surface area contributed by atoms with Gasteiger partial charge in [0.05, 0.1) is 32.4 Å². The number of unbranched alkanes of at least 4 members (excludes halogenated alkanes) is 2. The number of carbonyl (C=O) groups is 2. The van der Waals surface area contributed by atoms with Gasteiger partial charge in [0.25, 0.3) is 11.7 Å². The van der Waals surface area contributed by atoms with E-state index in [4.69, 9.17) is 14.2 Å². The van der Waals surface area contributed by atoms with Crippen LogP contribution >= 0.6 is 0 Å². The van der Waals surface area contributed by atoms with Gasteiger partial charge in [-0.2, -0.15) is 0 Å². The van der Waals surface area contributed by atoms with Crippen molar-refractivity contribution in [3.8, 4) is 17.2 Å². The lowest BCUT2D eigenvalue weighted by molar-refractivity contribution is -0.140. The van der Waals surface area contributed by atoms with Gasteiger partial charge >= 0.3 is 0 Å². The molecule has 39 heavy (non-hydrogen) atoms. The van der Waals surface area contributed by atoms with Crippen LogP contribution in [0.2, 0.25) is 0 Å². The molecule has 8 heteroatoms. The van der Waals surface area contributed by atoms with Crippen LogP contribution in [0, 0.1) is 6.92 Å². The van der Waals surface area contributed by atoms with E-state index in [1.54, 1.807) is 43.4 Å². The number of hydrogen-bond donors (Lipinski definition) is 1. The number of ether oxygens (including phenoxy) is 3. The Labute approximate surface area is 232 Å². The van der Waals surface area contributed by atoms with Crippen molar-refractivity contribution in [2.24, 2.45) is 0 Å². The zero-order valence-electron chi connectivity index (χ0n) is 24.1. The molecular formula is C31H42N2O6. The molecule has 0 bridgehead atoms. The largest absolute Gasteiger partial charge is 0.507 e. The maximum atomic E-state index is 13.4. The highest BCUT2D eigenvalue weighted by molar-refractivity contribution is 6.46. The molecule has 3 rings (SSSR count). The van der Waals surface area contributed by atoms with Crippen molar-refractivity contribution in [3.05, 3.63) is 58.7 Å². The van der Waals surface area contributed by atoms with Gasteiger partial charge in [0.15, 0.2) is 11.5 Å². The molecule has 2 aromatic rings. The smallest absolute Gasteiger partial charge is 0.295 e. The number of likely N-dealkylation sites (N-methyl/N-ethyl adjacent to an activating group) is 1. The zero-order valence-corrected chi connectivity index (χ0v) is 24.1. The minimum atomic E-state index is -0.772. The molecule has 1 N–H and O–H groups in total. The zero-order chi connectivity index (χ0) is 28.5. The van der Waals surface area contributed by atoms with Gasteiger partial charge in [-0.25, -0.2) is 0 Å². The third kappa shape index (κ3) is 6.74. The summed E-state index contributed by atoms with van der Waals surface area (Å²) in [5.41, 5.74) is 1.98. The molecule has 1 unspecified atom stereocenters. The first-order valence-corrected chi connectivity index (χ1v) is 13.8. The van der Waals surface area contributed by atoms with E-state index >= 15 is 0 Å². The third-order valence-corrected chi connectivity index (χ3v) is 7.27. The van der Waals surface area contributed by atoms with Gasteiger partial charge in [-0.3, -0.25) is 9.59 Å². The fraction of sp³-hybridized carbons (Fsp3) is 0.484. The lowest BCUT2D eigenvalue weighted by atomic mass is 9.94. The van der Waals surface area contributed by atoms with Crippen LogP contribution in [0.5, 0.6) is 17.2 Å². The van der Waals surface area contributed by atoms with E-state index in [-0.39, 0.29) is 11.3 Å². The first-order chi connectivity index (χ1) is 18.8. The Morgan fingerprint density at radius 3 is 2.26 bits per heavy atom. The number of hydrogen-bond acceptors (Lipinski definition) is 7. The van der Waals surface area contributed by atoms with Crippen LogP contribution in [0.1, 0.15) is 62.8 Å². The van der Waals surface area contributed by atoms with Crippen LogP contribution in [-0.2, 0) is 9.59 Å². The number of carbonyl (C=O) groups excluding carboxylic acids is 2. The summed E-state index contributed by atoms with van der Waals surface area (Å²) in [4.78, 5) is 30.5. The van der Waals surface area contributed by atoms with Gasteiger partial charge < -0.3 is 29.1 Å². The van der Waals surface area contributed by atoms with E-state index < -0.39 is 17.7 Å². The minimum absolute atomic E-state index is 0.0581. The molecule has 1 heterocycles. The Hall–Kier alpha value is -3.52. The highest BCUT2D eigenvalue weighted by atomic mass is 16.5. The van der Waals surface area contributed by atoms with E-state index in [1.165, 1.54) is 0 Å². The number of aliphatic hydroxyl groups excluding tert-OH is 1. The highest BCUT2D eigenvalue weighted by Crippen LogP contribution is 2.42. The number of aliphatic hydroxyl groups is 1. The summed E-state index contributed by atoms with van der Waals surface area (Å²) in [5.74, 6) is 0.236. The fourth-order valence-corrected chi connectivity index (χ4v) is 4.94. The monoisotopic (exact) mass is 538 g/mol. The molecule has 0 aliphatic carbocycles. The number of ketones is 1. The Morgan fingerprint density at radius 1 is 0.949 bits per heavy atom. The molecular weight excluding hydrogens is 496 g/mol. The van der Waals surface area contributed by atoms with Crippen molar-refractivity contribution in [2.75, 3.05) is 47.0 Å². The van der Waals surface area contributed by atoms with E-state index in [2.05, 4.69) is 25.7 Å². The maximum absolute atomic E-state index is 13.4. The van der Waals surface area contributed by atoms with Gasteiger partial charge in [0.2, 0.25) is 0 Å². The molecule has 1 amide bonds. The average Bonchev–Trinajstić information content (AvgIpc) is 3.20. The van der Waals surface area contributed by atoms with Crippen molar-refractivity contribution in [3.63, 3.8) is 0 Å². The first-order valence-electron chi connectivity index (χ1n) is 13.8. The molecule has 0 aromatic heterocycles. The summed E-state index contributed by atoms with van der Waals surface area (Å²) in [7, 11) is 3.14.